The fraction of sp³-hybridized carbons (Fsp3) is 0.550. The maximum absolute atomic E-state index is 12.4. The molecule has 1 aromatic rings. The lowest BCUT2D eigenvalue weighted by atomic mass is 9.97. The van der Waals surface area contributed by atoms with Crippen LogP contribution >= 0.6 is 23.5 Å². The molecule has 25 heavy (non-hydrogen) atoms. The van der Waals surface area contributed by atoms with Crippen LogP contribution in [0.3, 0.4) is 0 Å². The number of nitrogens with zero attached hydrogens (tertiary/aromatic N) is 1. The Kier molecular flexibility index (Phi) is 8.93. The van der Waals surface area contributed by atoms with Gasteiger partial charge in [0, 0.05) is 35.7 Å². The van der Waals surface area contributed by atoms with Crippen LogP contribution in [0.4, 0.5) is 5.69 Å². The van der Waals surface area contributed by atoms with Crippen LogP contribution in [0, 0.1) is 0 Å². The van der Waals surface area contributed by atoms with Crippen LogP contribution in [-0.4, -0.2) is 54.5 Å². The second-order valence-corrected chi connectivity index (χ2v) is 8.25. The van der Waals surface area contributed by atoms with E-state index in [1.165, 1.54) is 17.7 Å². The van der Waals surface area contributed by atoms with E-state index in [4.69, 9.17) is 0 Å². The van der Waals surface area contributed by atoms with Gasteiger partial charge in [0.2, 0.25) is 0 Å². The zero-order valence-electron chi connectivity index (χ0n) is 15.6. The van der Waals surface area contributed by atoms with Crippen molar-refractivity contribution in [3.63, 3.8) is 0 Å². The molecule has 0 aromatic heterocycles. The van der Waals surface area contributed by atoms with Gasteiger partial charge in [-0.15, -0.1) is 0 Å². The van der Waals surface area contributed by atoms with Crippen molar-refractivity contribution < 1.29 is 4.79 Å². The van der Waals surface area contributed by atoms with Crippen LogP contribution in [0.5, 0.6) is 0 Å². The summed E-state index contributed by atoms with van der Waals surface area (Å²) in [6.07, 6.45) is 9.49. The van der Waals surface area contributed by atoms with Gasteiger partial charge in [0.05, 0.1) is 0 Å². The maximum Gasteiger partial charge on any atom is 0.256 e. The quantitative estimate of drug-likeness (QED) is 0.457. The third-order valence-electron chi connectivity index (χ3n) is 4.43. The van der Waals surface area contributed by atoms with E-state index in [0.717, 1.165) is 55.1 Å². The second-order valence-electron chi connectivity index (χ2n) is 6.28. The minimum Gasteiger partial charge on any atom is -0.321 e. The topological polar surface area (TPSA) is 32.3 Å². The van der Waals surface area contributed by atoms with Gasteiger partial charge in [-0.25, -0.2) is 0 Å². The van der Waals surface area contributed by atoms with Crippen LogP contribution < -0.4 is 5.32 Å². The van der Waals surface area contributed by atoms with Crippen molar-refractivity contribution in [2.45, 2.75) is 26.2 Å². The second kappa shape index (κ2) is 10.9. The number of amides is 1. The van der Waals surface area contributed by atoms with Gasteiger partial charge in [0.15, 0.2) is 0 Å². The van der Waals surface area contributed by atoms with Crippen molar-refractivity contribution in [3.8, 4) is 0 Å². The van der Waals surface area contributed by atoms with Crippen molar-refractivity contribution in [2.75, 3.05) is 49.0 Å². The highest BCUT2D eigenvalue weighted by atomic mass is 32.2. The van der Waals surface area contributed by atoms with Gasteiger partial charge in [0.25, 0.3) is 5.91 Å². The summed E-state index contributed by atoms with van der Waals surface area (Å²) in [5, 5.41) is 3.03. The van der Waals surface area contributed by atoms with Crippen molar-refractivity contribution >= 4 is 40.7 Å². The molecular formula is C20H30N2OS2. The van der Waals surface area contributed by atoms with Crippen LogP contribution in [0.1, 0.15) is 30.9 Å². The number of anilines is 1. The molecule has 0 spiro atoms. The highest BCUT2D eigenvalue weighted by molar-refractivity contribution is 7.98. The van der Waals surface area contributed by atoms with Gasteiger partial charge in [-0.2, -0.15) is 23.5 Å². The van der Waals surface area contributed by atoms with E-state index in [0.29, 0.717) is 0 Å². The summed E-state index contributed by atoms with van der Waals surface area (Å²) in [6.45, 7) is 5.57. The summed E-state index contributed by atoms with van der Waals surface area (Å²) in [5.74, 6) is 2.27. The number of allylic oxidation sites excluding steroid dienone is 1. The summed E-state index contributed by atoms with van der Waals surface area (Å²) in [7, 11) is 0. The average Bonchev–Trinajstić information content (AvgIpc) is 2.93. The summed E-state index contributed by atoms with van der Waals surface area (Å²) in [6, 6.07) is 6.26. The Balaban J connectivity index is 2.13. The number of hydrogen-bond donors (Lipinski definition) is 1. The first-order valence-electron chi connectivity index (χ1n) is 9.05. The molecule has 1 N–H and O–H groups in total. The van der Waals surface area contributed by atoms with Gasteiger partial charge in [0.1, 0.15) is 0 Å². The Morgan fingerprint density at radius 2 is 1.92 bits per heavy atom. The van der Waals surface area contributed by atoms with E-state index in [1.54, 1.807) is 0 Å². The lowest BCUT2D eigenvalue weighted by molar-refractivity contribution is -0.110. The summed E-state index contributed by atoms with van der Waals surface area (Å²) >= 11 is 3.72. The van der Waals surface area contributed by atoms with Crippen molar-refractivity contribution in [3.05, 3.63) is 35.4 Å². The number of benzene rings is 1. The number of hydrogen-bond acceptors (Lipinski definition) is 4. The number of carbonyl (C=O) groups excluding carboxylic acids is 1. The predicted molar refractivity (Wildman–Crippen MR) is 115 cm³/mol. The minimum atomic E-state index is 0.0522. The molecule has 0 unspecified atom stereocenters. The molecule has 0 bridgehead atoms. The molecule has 1 aliphatic heterocycles. The number of thioether (sulfide) groups is 2. The molecule has 0 saturated carbocycles. The lowest BCUT2D eigenvalue weighted by Gasteiger charge is -2.21. The van der Waals surface area contributed by atoms with Crippen LogP contribution in [0.25, 0.3) is 5.57 Å². The molecule has 1 aliphatic rings. The SMILES string of the molecule is CCCN(CCSC)CCc1cccc2c1/C(=C\CCSC)C(=O)N2. The zero-order valence-corrected chi connectivity index (χ0v) is 17.3. The fourth-order valence-corrected chi connectivity index (χ4v) is 3.99. The van der Waals surface area contributed by atoms with Crippen LogP contribution in [0.2, 0.25) is 0 Å². The normalized spacial score (nSPS) is 15.0. The average molecular weight is 379 g/mol. The van der Waals surface area contributed by atoms with Gasteiger partial charge in [-0.3, -0.25) is 4.79 Å². The van der Waals surface area contributed by atoms with Crippen LogP contribution in [-0.2, 0) is 11.2 Å². The largest absolute Gasteiger partial charge is 0.321 e. The van der Waals surface area contributed by atoms with E-state index in [-0.39, 0.29) is 5.91 Å². The van der Waals surface area contributed by atoms with Crippen molar-refractivity contribution in [1.82, 2.24) is 4.90 Å². The van der Waals surface area contributed by atoms with E-state index in [2.05, 4.69) is 47.9 Å². The summed E-state index contributed by atoms with van der Waals surface area (Å²) in [5.41, 5.74) is 4.27. The van der Waals surface area contributed by atoms with E-state index in [9.17, 15) is 4.79 Å². The van der Waals surface area contributed by atoms with E-state index < -0.39 is 0 Å². The van der Waals surface area contributed by atoms with Crippen molar-refractivity contribution in [1.29, 1.82) is 0 Å². The lowest BCUT2D eigenvalue weighted by Crippen LogP contribution is -2.29. The first-order valence-corrected chi connectivity index (χ1v) is 11.8. The Labute approximate surface area is 161 Å². The molecule has 0 aliphatic carbocycles. The molecule has 3 nitrogen and oxygen atoms in total. The first-order chi connectivity index (χ1) is 12.2. The Morgan fingerprint density at radius 3 is 2.64 bits per heavy atom. The molecule has 0 radical (unpaired) electrons. The van der Waals surface area contributed by atoms with E-state index in [1.807, 2.05) is 29.6 Å². The number of carbonyl (C=O) groups is 1. The molecule has 138 valence electrons. The molecular weight excluding hydrogens is 348 g/mol. The van der Waals surface area contributed by atoms with Gasteiger partial charge < -0.3 is 10.2 Å². The van der Waals surface area contributed by atoms with Gasteiger partial charge >= 0.3 is 0 Å². The zero-order chi connectivity index (χ0) is 18.1. The molecule has 5 heteroatoms. The molecule has 0 atom stereocenters. The first kappa shape index (κ1) is 20.4. The summed E-state index contributed by atoms with van der Waals surface area (Å²) < 4.78 is 0. The Bertz CT molecular complexity index is 601. The molecule has 1 heterocycles. The number of rotatable bonds is 11. The highest BCUT2D eigenvalue weighted by Gasteiger charge is 2.26. The van der Waals surface area contributed by atoms with E-state index >= 15 is 0 Å². The maximum atomic E-state index is 12.4. The monoisotopic (exact) mass is 378 g/mol. The smallest absolute Gasteiger partial charge is 0.256 e. The third kappa shape index (κ3) is 5.80. The summed E-state index contributed by atoms with van der Waals surface area (Å²) in [4.78, 5) is 14.9. The molecule has 1 aromatic carbocycles. The molecule has 1 amide bonds. The van der Waals surface area contributed by atoms with Crippen LogP contribution in [0.15, 0.2) is 24.3 Å². The molecule has 0 saturated heterocycles. The van der Waals surface area contributed by atoms with Gasteiger partial charge in [-0.05, 0) is 55.7 Å². The fourth-order valence-electron chi connectivity index (χ4n) is 3.20. The number of nitrogens with one attached hydrogen (secondary N) is 1. The minimum absolute atomic E-state index is 0.0522. The number of fused-ring (bicyclic) bond motifs is 1. The Morgan fingerprint density at radius 1 is 1.12 bits per heavy atom. The van der Waals surface area contributed by atoms with Gasteiger partial charge in [-0.1, -0.05) is 25.1 Å². The third-order valence-corrected chi connectivity index (χ3v) is 5.67. The standard InChI is InChI=1S/C20H30N2OS2/c1-4-11-22(13-15-25-3)12-10-16-7-5-9-18-19(16)17(20(23)21-18)8-6-14-24-2/h5,7-9H,4,6,10-15H2,1-3H3,(H,21,23)/b17-8+. The molecule has 2 rings (SSSR count). The predicted octanol–water partition coefficient (Wildman–Crippen LogP) is 4.39. The molecule has 0 fully saturated rings. The Hall–Kier alpha value is -0.910. The van der Waals surface area contributed by atoms with Crippen molar-refractivity contribution in [2.24, 2.45) is 0 Å². The highest BCUT2D eigenvalue weighted by Crippen LogP contribution is 2.35.